The standard InChI is InChI=1S/C11H18N4O/c1-15(8-10-12-6-7-13-10)11(16)14-9-4-2-3-5-9/h6-7,9H,2-5,8H2,1H3,(H,12,13)(H,14,16). The van der Waals surface area contributed by atoms with Crippen molar-refractivity contribution < 1.29 is 4.79 Å². The van der Waals surface area contributed by atoms with Gasteiger partial charge in [-0.05, 0) is 12.8 Å². The van der Waals surface area contributed by atoms with E-state index in [9.17, 15) is 4.79 Å². The lowest BCUT2D eigenvalue weighted by atomic mass is 10.2. The van der Waals surface area contributed by atoms with Gasteiger partial charge in [0.05, 0.1) is 6.54 Å². The van der Waals surface area contributed by atoms with E-state index in [4.69, 9.17) is 0 Å². The fraction of sp³-hybridized carbons (Fsp3) is 0.636. The number of nitrogens with one attached hydrogen (secondary N) is 2. The van der Waals surface area contributed by atoms with Crippen LogP contribution in [0.3, 0.4) is 0 Å². The van der Waals surface area contributed by atoms with Crippen LogP contribution in [0.15, 0.2) is 12.4 Å². The first-order chi connectivity index (χ1) is 7.75. The number of amides is 2. The highest BCUT2D eigenvalue weighted by Crippen LogP contribution is 2.17. The van der Waals surface area contributed by atoms with Gasteiger partial charge in [-0.1, -0.05) is 12.8 Å². The van der Waals surface area contributed by atoms with Crippen LogP contribution >= 0.6 is 0 Å². The summed E-state index contributed by atoms with van der Waals surface area (Å²) < 4.78 is 0. The first-order valence-corrected chi connectivity index (χ1v) is 5.75. The minimum Gasteiger partial charge on any atom is -0.347 e. The topological polar surface area (TPSA) is 61.0 Å². The molecule has 2 N–H and O–H groups in total. The Labute approximate surface area is 95.2 Å². The van der Waals surface area contributed by atoms with Gasteiger partial charge in [-0.15, -0.1) is 0 Å². The van der Waals surface area contributed by atoms with Crippen molar-refractivity contribution in [2.24, 2.45) is 0 Å². The Morgan fingerprint density at radius 3 is 3.00 bits per heavy atom. The number of carbonyl (C=O) groups is 1. The summed E-state index contributed by atoms with van der Waals surface area (Å²) in [5.41, 5.74) is 0. The summed E-state index contributed by atoms with van der Waals surface area (Å²) in [4.78, 5) is 20.5. The average molecular weight is 222 g/mol. The van der Waals surface area contributed by atoms with Gasteiger partial charge in [-0.25, -0.2) is 9.78 Å². The summed E-state index contributed by atoms with van der Waals surface area (Å²) in [6, 6.07) is 0.356. The van der Waals surface area contributed by atoms with E-state index in [1.165, 1.54) is 12.8 Å². The van der Waals surface area contributed by atoms with Crippen LogP contribution in [-0.2, 0) is 6.54 Å². The number of hydrogen-bond donors (Lipinski definition) is 2. The smallest absolute Gasteiger partial charge is 0.317 e. The molecule has 1 saturated carbocycles. The number of imidazole rings is 1. The third kappa shape index (κ3) is 2.74. The van der Waals surface area contributed by atoms with Gasteiger partial charge in [0, 0.05) is 25.5 Å². The number of aromatic nitrogens is 2. The maximum atomic E-state index is 11.8. The fourth-order valence-electron chi connectivity index (χ4n) is 2.04. The third-order valence-corrected chi connectivity index (χ3v) is 2.97. The van der Waals surface area contributed by atoms with Gasteiger partial charge >= 0.3 is 6.03 Å². The monoisotopic (exact) mass is 222 g/mol. The largest absolute Gasteiger partial charge is 0.347 e. The Hall–Kier alpha value is -1.52. The van der Waals surface area contributed by atoms with Crippen molar-refractivity contribution >= 4 is 6.03 Å². The van der Waals surface area contributed by atoms with Crippen LogP contribution in [-0.4, -0.2) is 34.0 Å². The molecule has 1 heterocycles. The van der Waals surface area contributed by atoms with Crippen molar-refractivity contribution in [1.82, 2.24) is 20.2 Å². The summed E-state index contributed by atoms with van der Waals surface area (Å²) in [5, 5.41) is 3.04. The molecule has 0 atom stereocenters. The Kier molecular flexibility index (Phi) is 3.44. The Bertz CT molecular complexity index is 330. The number of rotatable bonds is 3. The summed E-state index contributed by atoms with van der Waals surface area (Å²) in [7, 11) is 1.78. The van der Waals surface area contributed by atoms with Gasteiger partial charge in [0.2, 0.25) is 0 Å². The molecule has 1 aromatic rings. The summed E-state index contributed by atoms with van der Waals surface area (Å²) in [5.74, 6) is 0.809. The zero-order valence-corrected chi connectivity index (χ0v) is 9.57. The van der Waals surface area contributed by atoms with E-state index in [-0.39, 0.29) is 6.03 Å². The molecule has 0 radical (unpaired) electrons. The zero-order valence-electron chi connectivity index (χ0n) is 9.57. The second-order valence-electron chi connectivity index (χ2n) is 4.32. The summed E-state index contributed by atoms with van der Waals surface area (Å²) in [6.07, 6.45) is 8.14. The van der Waals surface area contributed by atoms with E-state index in [1.54, 1.807) is 24.3 Å². The zero-order chi connectivity index (χ0) is 11.4. The molecule has 1 aromatic heterocycles. The van der Waals surface area contributed by atoms with Crippen molar-refractivity contribution in [1.29, 1.82) is 0 Å². The molecule has 5 heteroatoms. The molecular weight excluding hydrogens is 204 g/mol. The third-order valence-electron chi connectivity index (χ3n) is 2.97. The molecule has 2 amide bonds. The van der Waals surface area contributed by atoms with Crippen LogP contribution in [0.5, 0.6) is 0 Å². The van der Waals surface area contributed by atoms with Crippen LogP contribution in [0, 0.1) is 0 Å². The van der Waals surface area contributed by atoms with Gasteiger partial charge in [0.1, 0.15) is 5.82 Å². The molecule has 5 nitrogen and oxygen atoms in total. The highest BCUT2D eigenvalue weighted by Gasteiger charge is 2.19. The van der Waals surface area contributed by atoms with E-state index in [2.05, 4.69) is 15.3 Å². The average Bonchev–Trinajstić information content (AvgIpc) is 2.90. The molecule has 0 aliphatic heterocycles. The second kappa shape index (κ2) is 5.01. The van der Waals surface area contributed by atoms with Crippen LogP contribution in [0.1, 0.15) is 31.5 Å². The van der Waals surface area contributed by atoms with Crippen molar-refractivity contribution in [3.8, 4) is 0 Å². The molecule has 1 aliphatic carbocycles. The van der Waals surface area contributed by atoms with Crippen LogP contribution < -0.4 is 5.32 Å². The number of hydrogen-bond acceptors (Lipinski definition) is 2. The van der Waals surface area contributed by atoms with Crippen LogP contribution in [0.4, 0.5) is 4.79 Å². The number of H-pyrrole nitrogens is 1. The molecule has 16 heavy (non-hydrogen) atoms. The Morgan fingerprint density at radius 2 is 2.38 bits per heavy atom. The molecule has 1 aliphatic rings. The molecule has 2 rings (SSSR count). The summed E-state index contributed by atoms with van der Waals surface area (Å²) in [6.45, 7) is 0.519. The number of carbonyl (C=O) groups excluding carboxylic acids is 1. The molecule has 0 aromatic carbocycles. The molecule has 0 saturated heterocycles. The van der Waals surface area contributed by atoms with Gasteiger partial charge in [-0.3, -0.25) is 0 Å². The second-order valence-corrected chi connectivity index (χ2v) is 4.32. The van der Waals surface area contributed by atoms with Crippen molar-refractivity contribution in [2.45, 2.75) is 38.3 Å². The van der Waals surface area contributed by atoms with E-state index in [0.717, 1.165) is 18.7 Å². The number of nitrogens with zero attached hydrogens (tertiary/aromatic N) is 2. The van der Waals surface area contributed by atoms with Gasteiger partial charge in [0.15, 0.2) is 0 Å². The molecule has 0 bridgehead atoms. The van der Waals surface area contributed by atoms with Crippen molar-refractivity contribution in [3.63, 3.8) is 0 Å². The molecule has 0 unspecified atom stereocenters. The van der Waals surface area contributed by atoms with Gasteiger partial charge in [-0.2, -0.15) is 0 Å². The first-order valence-electron chi connectivity index (χ1n) is 5.75. The molecule has 0 spiro atoms. The maximum Gasteiger partial charge on any atom is 0.317 e. The lowest BCUT2D eigenvalue weighted by Crippen LogP contribution is -2.41. The van der Waals surface area contributed by atoms with Crippen LogP contribution in [0.2, 0.25) is 0 Å². The lowest BCUT2D eigenvalue weighted by molar-refractivity contribution is 0.201. The number of urea groups is 1. The Morgan fingerprint density at radius 1 is 1.62 bits per heavy atom. The predicted molar refractivity (Wildman–Crippen MR) is 60.8 cm³/mol. The molecular formula is C11H18N4O. The normalized spacial score (nSPS) is 16.3. The highest BCUT2D eigenvalue weighted by molar-refractivity contribution is 5.74. The minimum absolute atomic E-state index is 0.0108. The predicted octanol–water partition coefficient (Wildman–Crippen LogP) is 1.49. The molecule has 88 valence electrons. The maximum absolute atomic E-state index is 11.8. The van der Waals surface area contributed by atoms with Gasteiger partial charge < -0.3 is 15.2 Å². The van der Waals surface area contributed by atoms with Crippen molar-refractivity contribution in [3.05, 3.63) is 18.2 Å². The minimum atomic E-state index is -0.0108. The first kappa shape index (κ1) is 11.0. The Balaban J connectivity index is 1.79. The van der Waals surface area contributed by atoms with E-state index < -0.39 is 0 Å². The molecule has 1 fully saturated rings. The van der Waals surface area contributed by atoms with E-state index in [0.29, 0.717) is 12.6 Å². The quantitative estimate of drug-likeness (QED) is 0.814. The number of aromatic amines is 1. The van der Waals surface area contributed by atoms with E-state index in [1.807, 2.05) is 0 Å². The van der Waals surface area contributed by atoms with Crippen molar-refractivity contribution in [2.75, 3.05) is 7.05 Å². The van der Waals surface area contributed by atoms with Crippen LogP contribution in [0.25, 0.3) is 0 Å². The fourth-order valence-corrected chi connectivity index (χ4v) is 2.04. The summed E-state index contributed by atoms with van der Waals surface area (Å²) >= 11 is 0. The van der Waals surface area contributed by atoms with Gasteiger partial charge in [0.25, 0.3) is 0 Å². The lowest BCUT2D eigenvalue weighted by Gasteiger charge is -2.19. The SMILES string of the molecule is CN(Cc1ncc[nH]1)C(=O)NC1CCCC1. The van der Waals surface area contributed by atoms with E-state index >= 15 is 0 Å². The highest BCUT2D eigenvalue weighted by atomic mass is 16.2.